The highest BCUT2D eigenvalue weighted by atomic mass is 16.5. The molecule has 0 aromatic carbocycles. The molecule has 4 nitrogen and oxygen atoms in total. The Hall–Kier alpha value is -1.19. The first-order valence-electron chi connectivity index (χ1n) is 3.72. The number of ketones is 2. The van der Waals surface area contributed by atoms with Crippen LogP contribution in [0.1, 0.15) is 13.3 Å². The van der Waals surface area contributed by atoms with E-state index < -0.39 is 17.8 Å². The molecule has 0 heterocycles. The molecule has 1 fully saturated rings. The van der Waals surface area contributed by atoms with Gasteiger partial charge in [0.1, 0.15) is 11.7 Å². The van der Waals surface area contributed by atoms with E-state index in [4.69, 9.17) is 0 Å². The zero-order valence-corrected chi connectivity index (χ0v) is 6.99. The number of ether oxygens (including phenoxy) is 1. The van der Waals surface area contributed by atoms with Gasteiger partial charge < -0.3 is 4.74 Å². The predicted molar refractivity (Wildman–Crippen MR) is 39.3 cm³/mol. The molecule has 1 saturated carbocycles. The Morgan fingerprint density at radius 3 is 2.42 bits per heavy atom. The van der Waals surface area contributed by atoms with Crippen LogP contribution in [-0.2, 0) is 19.1 Å². The van der Waals surface area contributed by atoms with Crippen LogP contribution >= 0.6 is 0 Å². The molecule has 1 aliphatic carbocycles. The number of carbonyl (C=O) groups is 3. The summed E-state index contributed by atoms with van der Waals surface area (Å²) in [6, 6.07) is 0. The van der Waals surface area contributed by atoms with Crippen molar-refractivity contribution in [2.45, 2.75) is 13.3 Å². The monoisotopic (exact) mass is 170 g/mol. The van der Waals surface area contributed by atoms with Gasteiger partial charge in [-0.3, -0.25) is 14.4 Å². The van der Waals surface area contributed by atoms with Gasteiger partial charge >= 0.3 is 5.97 Å². The standard InChI is InChI=1S/C8H10O4/c1-4-6(9)3-5(7(4)10)8(11)12-2/h4-5H,3H2,1-2H3/t4-,5+/m1/s1. The highest BCUT2D eigenvalue weighted by molar-refractivity contribution is 6.17. The van der Waals surface area contributed by atoms with E-state index in [1.807, 2.05) is 0 Å². The Morgan fingerprint density at radius 2 is 2.08 bits per heavy atom. The van der Waals surface area contributed by atoms with Crippen LogP contribution in [0.3, 0.4) is 0 Å². The second kappa shape index (κ2) is 3.05. The second-order valence-electron chi connectivity index (χ2n) is 2.87. The Kier molecular flexibility index (Phi) is 2.26. The minimum absolute atomic E-state index is 0.00662. The van der Waals surface area contributed by atoms with Crippen molar-refractivity contribution in [3.8, 4) is 0 Å². The van der Waals surface area contributed by atoms with E-state index in [1.54, 1.807) is 0 Å². The number of Topliss-reactive ketones (excluding diaryl/α,β-unsaturated/α-hetero) is 2. The second-order valence-corrected chi connectivity index (χ2v) is 2.87. The molecule has 0 bridgehead atoms. The maximum atomic E-state index is 11.2. The largest absolute Gasteiger partial charge is 0.468 e. The topological polar surface area (TPSA) is 60.4 Å². The van der Waals surface area contributed by atoms with Crippen molar-refractivity contribution in [2.75, 3.05) is 7.11 Å². The first kappa shape index (κ1) is 8.90. The molecule has 0 aliphatic heterocycles. The van der Waals surface area contributed by atoms with E-state index in [0.717, 1.165) is 0 Å². The Bertz CT molecular complexity index is 243. The van der Waals surface area contributed by atoms with Crippen LogP contribution in [0.15, 0.2) is 0 Å². The maximum absolute atomic E-state index is 11.2. The number of rotatable bonds is 1. The fourth-order valence-corrected chi connectivity index (χ4v) is 1.28. The molecule has 12 heavy (non-hydrogen) atoms. The molecule has 4 heteroatoms. The van der Waals surface area contributed by atoms with Crippen molar-refractivity contribution in [2.24, 2.45) is 11.8 Å². The summed E-state index contributed by atoms with van der Waals surface area (Å²) in [5, 5.41) is 0. The molecule has 1 rings (SSSR count). The van der Waals surface area contributed by atoms with E-state index in [1.165, 1.54) is 14.0 Å². The average Bonchev–Trinajstić information content (AvgIpc) is 2.32. The average molecular weight is 170 g/mol. The zero-order valence-electron chi connectivity index (χ0n) is 6.99. The highest BCUT2D eigenvalue weighted by Gasteiger charge is 2.42. The molecule has 0 unspecified atom stereocenters. The van der Waals surface area contributed by atoms with Gasteiger partial charge in [-0.25, -0.2) is 0 Å². The minimum atomic E-state index is -0.850. The van der Waals surface area contributed by atoms with Gasteiger partial charge in [-0.15, -0.1) is 0 Å². The minimum Gasteiger partial charge on any atom is -0.468 e. The molecule has 0 saturated heterocycles. The lowest BCUT2D eigenvalue weighted by atomic mass is 10.1. The van der Waals surface area contributed by atoms with Crippen LogP contribution in [0.25, 0.3) is 0 Å². The van der Waals surface area contributed by atoms with E-state index in [-0.39, 0.29) is 18.0 Å². The van der Waals surface area contributed by atoms with E-state index in [9.17, 15) is 14.4 Å². The Balaban J connectivity index is 2.78. The van der Waals surface area contributed by atoms with E-state index in [2.05, 4.69) is 4.74 Å². The molecule has 0 radical (unpaired) electrons. The summed E-state index contributed by atoms with van der Waals surface area (Å²) in [6.45, 7) is 1.52. The first-order chi connectivity index (χ1) is 5.57. The lowest BCUT2D eigenvalue weighted by molar-refractivity contribution is -0.148. The lowest BCUT2D eigenvalue weighted by Crippen LogP contribution is -2.22. The molecule has 2 atom stereocenters. The predicted octanol–water partition coefficient (Wildman–Crippen LogP) is -0.0464. The van der Waals surface area contributed by atoms with Crippen LogP contribution < -0.4 is 0 Å². The molecule has 66 valence electrons. The summed E-state index contributed by atoms with van der Waals surface area (Å²) in [6.07, 6.45) is 0.00662. The summed E-state index contributed by atoms with van der Waals surface area (Å²) in [5.41, 5.74) is 0. The highest BCUT2D eigenvalue weighted by Crippen LogP contribution is 2.24. The summed E-state index contributed by atoms with van der Waals surface area (Å²) < 4.78 is 4.39. The molecular formula is C8H10O4. The molecule has 0 spiro atoms. The summed E-state index contributed by atoms with van der Waals surface area (Å²) in [5.74, 6) is -2.56. The van der Waals surface area contributed by atoms with Gasteiger partial charge in [0, 0.05) is 6.42 Å². The summed E-state index contributed by atoms with van der Waals surface area (Å²) in [4.78, 5) is 33.1. The number of methoxy groups -OCH3 is 1. The van der Waals surface area contributed by atoms with Crippen molar-refractivity contribution in [3.63, 3.8) is 0 Å². The maximum Gasteiger partial charge on any atom is 0.316 e. The third kappa shape index (κ3) is 1.24. The fraction of sp³-hybridized carbons (Fsp3) is 0.625. The molecule has 0 amide bonds. The van der Waals surface area contributed by atoms with Crippen LogP contribution in [0, 0.1) is 11.8 Å². The van der Waals surface area contributed by atoms with Crippen LogP contribution in [0.4, 0.5) is 0 Å². The zero-order chi connectivity index (χ0) is 9.30. The lowest BCUT2D eigenvalue weighted by Gasteiger charge is -2.03. The number of carbonyl (C=O) groups excluding carboxylic acids is 3. The molecule has 0 aromatic heterocycles. The van der Waals surface area contributed by atoms with Gasteiger partial charge in [0.2, 0.25) is 0 Å². The SMILES string of the molecule is COC(=O)[C@H]1CC(=O)[C@@H](C)C1=O. The van der Waals surface area contributed by atoms with Gasteiger partial charge in [0.15, 0.2) is 5.78 Å². The van der Waals surface area contributed by atoms with Gasteiger partial charge in [-0.05, 0) is 6.92 Å². The number of hydrogen-bond donors (Lipinski definition) is 0. The molecule has 0 N–H and O–H groups in total. The Morgan fingerprint density at radius 1 is 1.50 bits per heavy atom. The first-order valence-corrected chi connectivity index (χ1v) is 3.72. The Labute approximate surface area is 69.9 Å². The van der Waals surface area contributed by atoms with Crippen molar-refractivity contribution in [1.82, 2.24) is 0 Å². The van der Waals surface area contributed by atoms with Crippen LogP contribution in [-0.4, -0.2) is 24.6 Å². The van der Waals surface area contributed by atoms with Crippen molar-refractivity contribution >= 4 is 17.5 Å². The van der Waals surface area contributed by atoms with Gasteiger partial charge in [-0.2, -0.15) is 0 Å². The van der Waals surface area contributed by atoms with Gasteiger partial charge in [-0.1, -0.05) is 0 Å². The van der Waals surface area contributed by atoms with Crippen molar-refractivity contribution < 1.29 is 19.1 Å². The molecule has 1 aliphatic rings. The van der Waals surface area contributed by atoms with Gasteiger partial charge in [0.25, 0.3) is 0 Å². The normalized spacial score (nSPS) is 29.2. The summed E-state index contributed by atoms with van der Waals surface area (Å²) in [7, 11) is 1.21. The van der Waals surface area contributed by atoms with E-state index >= 15 is 0 Å². The molecular weight excluding hydrogens is 160 g/mol. The third-order valence-corrected chi connectivity index (χ3v) is 2.14. The quantitative estimate of drug-likeness (QED) is 0.409. The van der Waals surface area contributed by atoms with Crippen molar-refractivity contribution in [3.05, 3.63) is 0 Å². The number of hydrogen-bond acceptors (Lipinski definition) is 4. The van der Waals surface area contributed by atoms with Gasteiger partial charge in [0.05, 0.1) is 13.0 Å². The number of esters is 1. The van der Waals surface area contributed by atoms with E-state index in [0.29, 0.717) is 0 Å². The van der Waals surface area contributed by atoms with Crippen LogP contribution in [0.5, 0.6) is 0 Å². The molecule has 0 aromatic rings. The van der Waals surface area contributed by atoms with Crippen LogP contribution in [0.2, 0.25) is 0 Å². The summed E-state index contributed by atoms with van der Waals surface area (Å²) >= 11 is 0. The van der Waals surface area contributed by atoms with Crippen molar-refractivity contribution in [1.29, 1.82) is 0 Å². The third-order valence-electron chi connectivity index (χ3n) is 2.14. The fourth-order valence-electron chi connectivity index (χ4n) is 1.28. The smallest absolute Gasteiger partial charge is 0.316 e.